The third kappa shape index (κ3) is 6.71. The highest BCUT2D eigenvalue weighted by molar-refractivity contribution is 6.33. The molecule has 47 heavy (non-hydrogen) atoms. The van der Waals surface area contributed by atoms with Crippen LogP contribution in [0.5, 0.6) is 11.5 Å². The van der Waals surface area contributed by atoms with E-state index in [-0.39, 0.29) is 47.3 Å². The van der Waals surface area contributed by atoms with Crippen molar-refractivity contribution in [2.75, 3.05) is 7.11 Å². The number of halogens is 2. The van der Waals surface area contributed by atoms with E-state index >= 15 is 0 Å². The summed E-state index contributed by atoms with van der Waals surface area (Å²) in [5.41, 5.74) is 3.70. The third-order valence-corrected chi connectivity index (χ3v) is 10.1. The lowest BCUT2D eigenvalue weighted by atomic mass is 10.1. The van der Waals surface area contributed by atoms with Gasteiger partial charge in [-0.05, 0) is 74.9 Å². The second kappa shape index (κ2) is 14.0. The molecule has 10 nitrogen and oxygen atoms in total. The molecular weight excluding hydrogens is 647 g/mol. The van der Waals surface area contributed by atoms with Crippen LogP contribution in [-0.4, -0.2) is 55.3 Å². The number of hydrogen-bond acceptors (Lipinski definition) is 6. The number of fused-ring (bicyclic) bond motifs is 2. The number of rotatable bonds is 7. The standard InChI is InChI=1S/C18H20ClNO4.C17H18ClNO4/c1-10-12(8-17(21)22)13-7-16(24-2)14(19)9-15(13)20(10)18(23)11-5-3-4-6-11;1-9-11(7-16(21)22)12-6-15(20)13(18)8-14(12)19(9)17(23)10-4-2-3-5-10/h7,9,11H,3-6,8H2,1-2H3,(H,21,22);6,8,10,20H,2-5,7H2,1H3,(H,21,22). The maximum absolute atomic E-state index is 13.0. The molecule has 4 aromatic rings. The van der Waals surface area contributed by atoms with Gasteiger partial charge in [0.1, 0.15) is 11.5 Å². The van der Waals surface area contributed by atoms with Gasteiger partial charge < -0.3 is 20.1 Å². The first-order chi connectivity index (χ1) is 22.3. The summed E-state index contributed by atoms with van der Waals surface area (Å²) in [6.45, 7) is 3.54. The van der Waals surface area contributed by atoms with Crippen LogP contribution >= 0.6 is 23.2 Å². The van der Waals surface area contributed by atoms with Gasteiger partial charge in [-0.15, -0.1) is 0 Å². The predicted octanol–water partition coefficient (Wildman–Crippen LogP) is 7.84. The molecule has 2 aliphatic carbocycles. The van der Waals surface area contributed by atoms with Gasteiger partial charge in [0.15, 0.2) is 0 Å². The van der Waals surface area contributed by atoms with Gasteiger partial charge in [-0.25, -0.2) is 0 Å². The Kier molecular flexibility index (Phi) is 10.2. The van der Waals surface area contributed by atoms with Crippen molar-refractivity contribution < 1.29 is 39.2 Å². The van der Waals surface area contributed by atoms with E-state index in [0.29, 0.717) is 55.1 Å². The number of methoxy groups -OCH3 is 1. The number of nitrogens with zero attached hydrogens (tertiary/aromatic N) is 2. The van der Waals surface area contributed by atoms with E-state index in [1.54, 1.807) is 35.1 Å². The average Bonchev–Trinajstić information content (AvgIpc) is 3.82. The Hall–Kier alpha value is -4.02. The molecule has 0 bridgehead atoms. The minimum atomic E-state index is -0.977. The number of carbonyl (C=O) groups excluding carboxylic acids is 2. The van der Waals surface area contributed by atoms with Crippen LogP contribution in [-0.2, 0) is 22.4 Å². The first kappa shape index (κ1) is 34.3. The first-order valence-electron chi connectivity index (χ1n) is 15.8. The van der Waals surface area contributed by atoms with E-state index in [4.69, 9.17) is 33.0 Å². The van der Waals surface area contributed by atoms with Crippen molar-refractivity contribution in [3.05, 3.63) is 56.8 Å². The van der Waals surface area contributed by atoms with Crippen molar-refractivity contribution in [3.63, 3.8) is 0 Å². The fourth-order valence-corrected chi connectivity index (χ4v) is 7.55. The number of ether oxygens (including phenoxy) is 1. The molecule has 12 heteroatoms. The number of phenols is 1. The lowest BCUT2D eigenvalue weighted by molar-refractivity contribution is -0.137. The molecule has 0 atom stereocenters. The molecule has 3 N–H and O–H groups in total. The smallest absolute Gasteiger partial charge is 0.307 e. The zero-order valence-electron chi connectivity index (χ0n) is 26.6. The van der Waals surface area contributed by atoms with E-state index < -0.39 is 11.9 Å². The molecule has 0 unspecified atom stereocenters. The summed E-state index contributed by atoms with van der Waals surface area (Å²) in [5, 5.41) is 30.1. The molecule has 6 rings (SSSR count). The van der Waals surface area contributed by atoms with Crippen LogP contribution in [0.1, 0.15) is 83.5 Å². The largest absolute Gasteiger partial charge is 0.506 e. The van der Waals surface area contributed by atoms with Crippen molar-refractivity contribution >= 4 is 68.8 Å². The molecule has 2 aliphatic rings. The highest BCUT2D eigenvalue weighted by Crippen LogP contribution is 2.38. The molecule has 2 heterocycles. The maximum atomic E-state index is 13.0. The van der Waals surface area contributed by atoms with Crippen molar-refractivity contribution in [1.82, 2.24) is 9.13 Å². The Balaban J connectivity index is 0.000000185. The Morgan fingerprint density at radius 2 is 1.13 bits per heavy atom. The van der Waals surface area contributed by atoms with E-state index in [1.807, 2.05) is 0 Å². The molecule has 0 radical (unpaired) electrons. The molecule has 0 aliphatic heterocycles. The number of carboxylic acid groups (broad SMARTS) is 2. The molecule has 0 spiro atoms. The normalized spacial score (nSPS) is 15.3. The number of hydrogen-bond donors (Lipinski definition) is 3. The van der Waals surface area contributed by atoms with Crippen LogP contribution in [0.15, 0.2) is 24.3 Å². The molecule has 0 saturated heterocycles. The van der Waals surface area contributed by atoms with Crippen LogP contribution in [0.25, 0.3) is 21.8 Å². The van der Waals surface area contributed by atoms with E-state index in [1.165, 1.54) is 19.2 Å². The van der Waals surface area contributed by atoms with Crippen molar-refractivity contribution in [3.8, 4) is 11.5 Å². The van der Waals surface area contributed by atoms with Crippen LogP contribution in [0, 0.1) is 25.7 Å². The lowest BCUT2D eigenvalue weighted by Crippen LogP contribution is -2.20. The highest BCUT2D eigenvalue weighted by atomic mass is 35.5. The van der Waals surface area contributed by atoms with E-state index in [0.717, 1.165) is 51.4 Å². The third-order valence-electron chi connectivity index (χ3n) is 9.52. The number of aromatic nitrogens is 2. The van der Waals surface area contributed by atoms with Crippen molar-refractivity contribution in [1.29, 1.82) is 0 Å². The molecule has 0 amide bonds. The number of aromatic hydroxyl groups is 1. The molecule has 250 valence electrons. The molecule has 2 aromatic carbocycles. The summed E-state index contributed by atoms with van der Waals surface area (Å²) in [7, 11) is 1.51. The maximum Gasteiger partial charge on any atom is 0.307 e. The molecule has 2 fully saturated rings. The zero-order chi connectivity index (χ0) is 34.2. The number of carboxylic acids is 2. The SMILES string of the molecule is COc1cc2c(CC(=O)O)c(C)n(C(=O)C3CCCC3)c2cc1Cl.Cc1c(CC(=O)O)c2cc(O)c(Cl)cc2n1C(=O)C1CCCC1. The fraction of sp³-hybridized carbons (Fsp3) is 0.429. The number of benzene rings is 2. The van der Waals surface area contributed by atoms with E-state index in [9.17, 15) is 29.4 Å². The van der Waals surface area contributed by atoms with Crippen molar-refractivity contribution in [2.24, 2.45) is 11.8 Å². The summed E-state index contributed by atoms with van der Waals surface area (Å²) in [6.07, 6.45) is 7.35. The lowest BCUT2D eigenvalue weighted by Gasteiger charge is -2.13. The topological polar surface area (TPSA) is 148 Å². The van der Waals surface area contributed by atoms with Gasteiger partial charge in [0.05, 0.1) is 41.0 Å². The monoisotopic (exact) mass is 684 g/mol. The number of aliphatic carboxylic acids is 2. The van der Waals surface area contributed by atoms with Crippen LogP contribution < -0.4 is 4.74 Å². The van der Waals surface area contributed by atoms with Crippen molar-refractivity contribution in [2.45, 2.75) is 78.1 Å². The second-order valence-corrected chi connectivity index (χ2v) is 13.2. The van der Waals surface area contributed by atoms with Gasteiger partial charge in [0.25, 0.3) is 0 Å². The van der Waals surface area contributed by atoms with Crippen LogP contribution in [0.3, 0.4) is 0 Å². The summed E-state index contributed by atoms with van der Waals surface area (Å²) in [4.78, 5) is 48.3. The van der Waals surface area contributed by atoms with Gasteiger partial charge in [-0.2, -0.15) is 0 Å². The zero-order valence-corrected chi connectivity index (χ0v) is 28.1. The number of phenolic OH excluding ortho intramolecular Hbond substituents is 1. The summed E-state index contributed by atoms with van der Waals surface area (Å²) in [5.74, 6) is -1.56. The minimum Gasteiger partial charge on any atom is -0.506 e. The molecule has 2 aromatic heterocycles. The fourth-order valence-electron chi connectivity index (χ4n) is 7.15. The Morgan fingerprint density at radius 3 is 1.53 bits per heavy atom. The van der Waals surface area contributed by atoms with E-state index in [2.05, 4.69) is 0 Å². The predicted molar refractivity (Wildman–Crippen MR) is 179 cm³/mol. The van der Waals surface area contributed by atoms with Crippen LogP contribution in [0.2, 0.25) is 10.0 Å². The Morgan fingerprint density at radius 1 is 0.723 bits per heavy atom. The first-order valence-corrected chi connectivity index (χ1v) is 16.5. The molecule has 2 saturated carbocycles. The summed E-state index contributed by atoms with van der Waals surface area (Å²) in [6, 6.07) is 6.40. The summed E-state index contributed by atoms with van der Waals surface area (Å²) >= 11 is 12.2. The minimum absolute atomic E-state index is 0.00199. The van der Waals surface area contributed by atoms with Gasteiger partial charge >= 0.3 is 11.9 Å². The van der Waals surface area contributed by atoms with Gasteiger partial charge in [0.2, 0.25) is 11.8 Å². The molecular formula is C35H38Cl2N2O8. The highest BCUT2D eigenvalue weighted by Gasteiger charge is 2.30. The Labute approximate surface area is 281 Å². The number of carbonyl (C=O) groups is 4. The van der Waals surface area contributed by atoms with Gasteiger partial charge in [0, 0.05) is 34.0 Å². The van der Waals surface area contributed by atoms with Gasteiger partial charge in [-0.1, -0.05) is 48.9 Å². The van der Waals surface area contributed by atoms with Crippen LogP contribution in [0.4, 0.5) is 0 Å². The summed E-state index contributed by atoms with van der Waals surface area (Å²) < 4.78 is 8.47. The Bertz CT molecular complexity index is 1900. The second-order valence-electron chi connectivity index (χ2n) is 12.4. The quantitative estimate of drug-likeness (QED) is 0.178. The van der Waals surface area contributed by atoms with Gasteiger partial charge in [-0.3, -0.25) is 28.3 Å². The average molecular weight is 686 g/mol.